The first kappa shape index (κ1) is 41.0. The molecular formula is C36H71NO5. The second-order valence-electron chi connectivity index (χ2n) is 12.6. The minimum Gasteiger partial charge on any atom is -0.394 e. The van der Waals surface area contributed by atoms with Gasteiger partial charge in [-0.25, -0.2) is 0 Å². The molecule has 4 atom stereocenters. The smallest absolute Gasteiger partial charge is 0.249 e. The van der Waals surface area contributed by atoms with Crippen molar-refractivity contribution in [2.24, 2.45) is 0 Å². The largest absolute Gasteiger partial charge is 0.394 e. The standard InChI is InChI=1S/C36H71NO5/c1-3-5-7-9-11-12-13-14-15-16-17-18-19-20-21-22-23-24-26-28-30-34(40)36(42)37-32(31-38)35(41)33(39)29-27-25-10-8-6-4-2/h18-19,32-35,38-41H,3-17,20-31H2,1-2H3,(H,37,42)/b19-18-. The lowest BCUT2D eigenvalue weighted by Gasteiger charge is -2.27. The van der Waals surface area contributed by atoms with Crippen molar-refractivity contribution in [1.82, 2.24) is 5.32 Å². The van der Waals surface area contributed by atoms with E-state index in [0.29, 0.717) is 12.8 Å². The fourth-order valence-corrected chi connectivity index (χ4v) is 5.51. The summed E-state index contributed by atoms with van der Waals surface area (Å²) in [6.45, 7) is 3.96. The Hall–Kier alpha value is -0.950. The summed E-state index contributed by atoms with van der Waals surface area (Å²) >= 11 is 0. The van der Waals surface area contributed by atoms with Crippen LogP contribution in [-0.2, 0) is 4.79 Å². The highest BCUT2D eigenvalue weighted by Crippen LogP contribution is 2.15. The summed E-state index contributed by atoms with van der Waals surface area (Å²) in [5.74, 6) is -0.593. The van der Waals surface area contributed by atoms with Crippen LogP contribution < -0.4 is 5.32 Å². The van der Waals surface area contributed by atoms with Crippen LogP contribution in [0.1, 0.15) is 181 Å². The molecule has 250 valence electrons. The van der Waals surface area contributed by atoms with E-state index in [9.17, 15) is 25.2 Å². The van der Waals surface area contributed by atoms with Crippen molar-refractivity contribution >= 4 is 5.91 Å². The molecular weight excluding hydrogens is 526 g/mol. The van der Waals surface area contributed by atoms with Crippen LogP contribution in [0.3, 0.4) is 0 Å². The van der Waals surface area contributed by atoms with Crippen molar-refractivity contribution in [2.45, 2.75) is 205 Å². The van der Waals surface area contributed by atoms with Crippen LogP contribution in [0.15, 0.2) is 12.2 Å². The number of aliphatic hydroxyl groups excluding tert-OH is 4. The summed E-state index contributed by atoms with van der Waals surface area (Å²) in [5.41, 5.74) is 0. The Morgan fingerprint density at radius 2 is 0.952 bits per heavy atom. The Labute approximate surface area is 260 Å². The van der Waals surface area contributed by atoms with Crippen LogP contribution >= 0.6 is 0 Å². The number of carbonyl (C=O) groups excluding carboxylic acids is 1. The molecule has 0 spiro atoms. The minimum absolute atomic E-state index is 0.363. The lowest BCUT2D eigenvalue weighted by atomic mass is 9.99. The molecule has 0 fully saturated rings. The zero-order valence-corrected chi connectivity index (χ0v) is 27.8. The highest BCUT2D eigenvalue weighted by atomic mass is 16.3. The van der Waals surface area contributed by atoms with Crippen molar-refractivity contribution in [3.05, 3.63) is 12.2 Å². The molecule has 0 radical (unpaired) electrons. The van der Waals surface area contributed by atoms with Crippen LogP contribution in [0.4, 0.5) is 0 Å². The summed E-state index contributed by atoms with van der Waals surface area (Å²) in [6, 6.07) is -0.980. The molecule has 0 rings (SSSR count). The average molecular weight is 598 g/mol. The van der Waals surface area contributed by atoms with E-state index in [4.69, 9.17) is 0 Å². The topological polar surface area (TPSA) is 110 Å². The van der Waals surface area contributed by atoms with Crippen LogP contribution in [0.25, 0.3) is 0 Å². The molecule has 0 aliphatic carbocycles. The SMILES string of the molecule is CCCCCCCCCCCC/C=C\CCCCCCCCC(O)C(=O)NC(CO)C(O)C(O)CCCCCCCC. The molecule has 0 heterocycles. The van der Waals surface area contributed by atoms with Gasteiger partial charge in [0.2, 0.25) is 5.91 Å². The number of rotatable bonds is 32. The maximum atomic E-state index is 12.4. The van der Waals surface area contributed by atoms with Crippen molar-refractivity contribution < 1.29 is 25.2 Å². The predicted molar refractivity (Wildman–Crippen MR) is 178 cm³/mol. The van der Waals surface area contributed by atoms with E-state index in [-0.39, 0.29) is 0 Å². The normalized spacial score (nSPS) is 14.7. The summed E-state index contributed by atoms with van der Waals surface area (Å²) in [6.07, 6.45) is 31.2. The number of hydrogen-bond acceptors (Lipinski definition) is 5. The van der Waals surface area contributed by atoms with Gasteiger partial charge in [-0.1, -0.05) is 154 Å². The van der Waals surface area contributed by atoms with Gasteiger partial charge < -0.3 is 25.7 Å². The number of unbranched alkanes of at least 4 members (excludes halogenated alkanes) is 21. The Kier molecular flexibility index (Phi) is 30.8. The van der Waals surface area contributed by atoms with Gasteiger partial charge in [-0.05, 0) is 38.5 Å². The molecule has 0 aromatic heterocycles. The highest BCUT2D eigenvalue weighted by Gasteiger charge is 2.28. The molecule has 0 aromatic rings. The summed E-state index contributed by atoms with van der Waals surface area (Å²) < 4.78 is 0. The van der Waals surface area contributed by atoms with Gasteiger partial charge in [0.1, 0.15) is 12.2 Å². The van der Waals surface area contributed by atoms with Crippen molar-refractivity contribution in [3.63, 3.8) is 0 Å². The third kappa shape index (κ3) is 25.5. The predicted octanol–water partition coefficient (Wildman–Crippen LogP) is 8.28. The van der Waals surface area contributed by atoms with Gasteiger partial charge in [0.05, 0.1) is 18.8 Å². The molecule has 6 nitrogen and oxygen atoms in total. The quantitative estimate of drug-likeness (QED) is 0.0396. The fraction of sp³-hybridized carbons (Fsp3) is 0.917. The van der Waals surface area contributed by atoms with Gasteiger partial charge >= 0.3 is 0 Å². The molecule has 0 bridgehead atoms. The monoisotopic (exact) mass is 598 g/mol. The molecule has 5 N–H and O–H groups in total. The zero-order chi connectivity index (χ0) is 31.1. The summed E-state index contributed by atoms with van der Waals surface area (Å²) in [7, 11) is 0. The molecule has 1 amide bonds. The molecule has 0 saturated heterocycles. The molecule has 42 heavy (non-hydrogen) atoms. The van der Waals surface area contributed by atoms with Gasteiger partial charge in [-0.15, -0.1) is 0 Å². The second-order valence-corrected chi connectivity index (χ2v) is 12.6. The third-order valence-corrected chi connectivity index (χ3v) is 8.48. The van der Waals surface area contributed by atoms with Gasteiger partial charge in [-0.2, -0.15) is 0 Å². The minimum atomic E-state index is -1.25. The lowest BCUT2D eigenvalue weighted by Crippen LogP contribution is -2.53. The lowest BCUT2D eigenvalue weighted by molar-refractivity contribution is -0.132. The second kappa shape index (κ2) is 31.5. The van der Waals surface area contributed by atoms with Crippen molar-refractivity contribution in [2.75, 3.05) is 6.61 Å². The number of hydrogen-bond donors (Lipinski definition) is 5. The van der Waals surface area contributed by atoms with E-state index in [0.717, 1.165) is 44.9 Å². The van der Waals surface area contributed by atoms with Gasteiger partial charge in [0.25, 0.3) is 0 Å². The number of aliphatic hydroxyl groups is 4. The van der Waals surface area contributed by atoms with Gasteiger partial charge in [0, 0.05) is 0 Å². The molecule has 4 unspecified atom stereocenters. The number of nitrogens with one attached hydrogen (secondary N) is 1. The maximum Gasteiger partial charge on any atom is 0.249 e. The van der Waals surface area contributed by atoms with E-state index < -0.39 is 36.9 Å². The molecule has 6 heteroatoms. The first-order chi connectivity index (χ1) is 20.5. The maximum absolute atomic E-state index is 12.4. The third-order valence-electron chi connectivity index (χ3n) is 8.48. The highest BCUT2D eigenvalue weighted by molar-refractivity contribution is 5.80. The van der Waals surface area contributed by atoms with Crippen LogP contribution in [0, 0.1) is 0 Å². The Bertz CT molecular complexity index is 599. The summed E-state index contributed by atoms with van der Waals surface area (Å²) in [5, 5.41) is 43.0. The van der Waals surface area contributed by atoms with E-state index >= 15 is 0 Å². The van der Waals surface area contributed by atoms with Crippen molar-refractivity contribution in [3.8, 4) is 0 Å². The van der Waals surface area contributed by atoms with E-state index in [1.165, 1.54) is 109 Å². The first-order valence-corrected chi connectivity index (χ1v) is 18.1. The van der Waals surface area contributed by atoms with E-state index in [2.05, 4.69) is 31.3 Å². The molecule has 0 saturated carbocycles. The molecule has 0 aliphatic rings. The van der Waals surface area contributed by atoms with Gasteiger partial charge in [-0.3, -0.25) is 4.79 Å². The van der Waals surface area contributed by atoms with Crippen LogP contribution in [0.2, 0.25) is 0 Å². The average Bonchev–Trinajstić information content (AvgIpc) is 2.99. The zero-order valence-electron chi connectivity index (χ0n) is 27.8. The summed E-state index contributed by atoms with van der Waals surface area (Å²) in [4.78, 5) is 12.4. The Morgan fingerprint density at radius 3 is 1.38 bits per heavy atom. The van der Waals surface area contributed by atoms with Crippen LogP contribution in [0.5, 0.6) is 0 Å². The van der Waals surface area contributed by atoms with Crippen molar-refractivity contribution in [1.29, 1.82) is 0 Å². The van der Waals surface area contributed by atoms with Gasteiger partial charge in [0.15, 0.2) is 0 Å². The van der Waals surface area contributed by atoms with E-state index in [1.807, 2.05) is 0 Å². The molecule has 0 aromatic carbocycles. The van der Waals surface area contributed by atoms with E-state index in [1.54, 1.807) is 0 Å². The Morgan fingerprint density at radius 1 is 0.571 bits per heavy atom. The molecule has 0 aliphatic heterocycles. The number of carbonyl (C=O) groups is 1. The fourth-order valence-electron chi connectivity index (χ4n) is 5.51. The number of amides is 1. The number of allylic oxidation sites excluding steroid dienone is 2. The first-order valence-electron chi connectivity index (χ1n) is 18.1. The van der Waals surface area contributed by atoms with Crippen LogP contribution in [-0.4, -0.2) is 57.3 Å². The Balaban J connectivity index is 3.71.